The maximum atomic E-state index is 13.1. The Morgan fingerprint density at radius 3 is 2.61 bits per heavy atom. The van der Waals surface area contributed by atoms with Crippen LogP contribution in [-0.2, 0) is 4.79 Å². The molecule has 162 valence electrons. The minimum atomic E-state index is -0.0424. The zero-order valence-corrected chi connectivity index (χ0v) is 18.4. The molecule has 31 heavy (non-hydrogen) atoms. The van der Waals surface area contributed by atoms with Crippen molar-refractivity contribution < 1.29 is 14.1 Å². The molecule has 4 rings (SSSR count). The second kappa shape index (κ2) is 9.39. The van der Waals surface area contributed by atoms with E-state index in [1.54, 1.807) is 12.0 Å². The molecule has 1 aromatic heterocycles. The first-order valence-electron chi connectivity index (χ1n) is 10.4. The van der Waals surface area contributed by atoms with Crippen LogP contribution in [0.2, 0.25) is 5.02 Å². The van der Waals surface area contributed by atoms with Gasteiger partial charge in [0.05, 0.1) is 7.11 Å². The van der Waals surface area contributed by atoms with Crippen molar-refractivity contribution in [3.05, 3.63) is 53.6 Å². The molecule has 1 saturated heterocycles. The number of amides is 1. The summed E-state index contributed by atoms with van der Waals surface area (Å²) < 4.78 is 10.7. The average molecular weight is 441 g/mol. The molecule has 3 aromatic rings. The summed E-state index contributed by atoms with van der Waals surface area (Å²) in [5.41, 5.74) is 1.70. The van der Waals surface area contributed by atoms with Gasteiger partial charge in [-0.1, -0.05) is 22.8 Å². The first-order chi connectivity index (χ1) is 15.1. The number of hydrogen-bond donors (Lipinski definition) is 0. The number of carbonyl (C=O) groups is 1. The van der Waals surface area contributed by atoms with Gasteiger partial charge in [0.25, 0.3) is 0 Å². The number of benzene rings is 2. The second-order valence-corrected chi connectivity index (χ2v) is 7.89. The standard InChI is InChI=1S/C23H25ClN4O3/c1-3-28(19-6-4-5-18(24)15-19)22(29)17-11-13-27(14-12-17)23-25-21(26-31-23)16-7-9-20(30-2)10-8-16/h4-10,15,17H,3,11-14H2,1-2H3. The summed E-state index contributed by atoms with van der Waals surface area (Å²) in [6, 6.07) is 15.4. The number of carbonyl (C=O) groups excluding carboxylic acids is 1. The van der Waals surface area contributed by atoms with Crippen LogP contribution in [0.25, 0.3) is 11.4 Å². The second-order valence-electron chi connectivity index (χ2n) is 7.45. The Bertz CT molecular complexity index is 1030. The molecule has 0 N–H and O–H groups in total. The number of ether oxygens (including phenoxy) is 1. The maximum Gasteiger partial charge on any atom is 0.324 e. The van der Waals surface area contributed by atoms with Crippen LogP contribution in [0.4, 0.5) is 11.7 Å². The molecule has 0 unspecified atom stereocenters. The van der Waals surface area contributed by atoms with Crippen LogP contribution in [-0.4, -0.2) is 42.8 Å². The average Bonchev–Trinajstić information content (AvgIpc) is 3.30. The molecule has 1 amide bonds. The van der Waals surface area contributed by atoms with Crippen LogP contribution < -0.4 is 14.5 Å². The Kier molecular flexibility index (Phi) is 6.42. The van der Waals surface area contributed by atoms with Gasteiger partial charge in [-0.3, -0.25) is 4.79 Å². The van der Waals surface area contributed by atoms with Gasteiger partial charge in [0.2, 0.25) is 11.7 Å². The van der Waals surface area contributed by atoms with Crippen molar-refractivity contribution in [2.24, 2.45) is 5.92 Å². The number of rotatable bonds is 6. The van der Waals surface area contributed by atoms with E-state index in [-0.39, 0.29) is 11.8 Å². The number of halogens is 1. The summed E-state index contributed by atoms with van der Waals surface area (Å²) in [6.07, 6.45) is 1.46. The molecule has 0 radical (unpaired) electrons. The molecule has 7 nitrogen and oxygen atoms in total. The topological polar surface area (TPSA) is 71.7 Å². The zero-order chi connectivity index (χ0) is 21.8. The normalized spacial score (nSPS) is 14.5. The van der Waals surface area contributed by atoms with Gasteiger partial charge in [-0.15, -0.1) is 0 Å². The number of piperidine rings is 1. The predicted molar refractivity (Wildman–Crippen MR) is 121 cm³/mol. The van der Waals surface area contributed by atoms with Crippen LogP contribution in [0.1, 0.15) is 19.8 Å². The third kappa shape index (κ3) is 4.66. The van der Waals surface area contributed by atoms with Crippen molar-refractivity contribution in [2.45, 2.75) is 19.8 Å². The molecule has 0 aliphatic carbocycles. The maximum absolute atomic E-state index is 13.1. The van der Waals surface area contributed by atoms with Gasteiger partial charge in [-0.2, -0.15) is 4.98 Å². The van der Waals surface area contributed by atoms with Gasteiger partial charge >= 0.3 is 6.01 Å². The van der Waals surface area contributed by atoms with E-state index in [0.29, 0.717) is 36.5 Å². The number of hydrogen-bond acceptors (Lipinski definition) is 6. The molecule has 1 aliphatic rings. The molecule has 1 fully saturated rings. The molecule has 2 heterocycles. The summed E-state index contributed by atoms with van der Waals surface area (Å²) in [4.78, 5) is 21.5. The van der Waals surface area contributed by atoms with Crippen molar-refractivity contribution in [1.82, 2.24) is 10.1 Å². The Morgan fingerprint density at radius 2 is 1.97 bits per heavy atom. The molecule has 0 bridgehead atoms. The Morgan fingerprint density at radius 1 is 1.23 bits per heavy atom. The summed E-state index contributed by atoms with van der Waals surface area (Å²) in [5, 5.41) is 4.73. The molecular formula is C23H25ClN4O3. The lowest BCUT2D eigenvalue weighted by Gasteiger charge is -2.33. The highest BCUT2D eigenvalue weighted by Gasteiger charge is 2.30. The Labute approximate surface area is 186 Å². The Balaban J connectivity index is 1.39. The van der Waals surface area contributed by atoms with Gasteiger partial charge in [0.15, 0.2) is 0 Å². The number of aromatic nitrogens is 2. The fourth-order valence-corrected chi connectivity index (χ4v) is 4.03. The van der Waals surface area contributed by atoms with Crippen LogP contribution in [0, 0.1) is 5.92 Å². The van der Waals surface area contributed by atoms with Crippen LogP contribution in [0.3, 0.4) is 0 Å². The number of methoxy groups -OCH3 is 1. The molecule has 1 aliphatic heterocycles. The minimum absolute atomic E-state index is 0.0424. The minimum Gasteiger partial charge on any atom is -0.497 e. The number of anilines is 2. The third-order valence-electron chi connectivity index (χ3n) is 5.58. The van der Waals surface area contributed by atoms with E-state index in [4.69, 9.17) is 20.9 Å². The van der Waals surface area contributed by atoms with E-state index in [9.17, 15) is 4.79 Å². The molecule has 0 atom stereocenters. The van der Waals surface area contributed by atoms with Crippen LogP contribution in [0.5, 0.6) is 5.75 Å². The highest BCUT2D eigenvalue weighted by atomic mass is 35.5. The molecule has 8 heteroatoms. The number of nitrogens with zero attached hydrogens (tertiary/aromatic N) is 4. The van der Waals surface area contributed by atoms with E-state index < -0.39 is 0 Å². The zero-order valence-electron chi connectivity index (χ0n) is 17.6. The molecule has 0 saturated carbocycles. The van der Waals surface area contributed by atoms with Crippen LogP contribution >= 0.6 is 11.6 Å². The molecule has 0 spiro atoms. The first-order valence-corrected chi connectivity index (χ1v) is 10.8. The summed E-state index contributed by atoms with van der Waals surface area (Å²) in [6.45, 7) is 3.96. The Hall–Kier alpha value is -3.06. The van der Waals surface area contributed by atoms with Gasteiger partial charge in [-0.05, 0) is 62.2 Å². The van der Waals surface area contributed by atoms with E-state index in [1.165, 1.54) is 0 Å². The fourth-order valence-electron chi connectivity index (χ4n) is 3.85. The van der Waals surface area contributed by atoms with E-state index >= 15 is 0 Å². The van der Waals surface area contributed by atoms with E-state index in [1.807, 2.05) is 60.4 Å². The first kappa shape index (κ1) is 21.2. The molecular weight excluding hydrogens is 416 g/mol. The van der Waals surface area contributed by atoms with E-state index in [2.05, 4.69) is 10.1 Å². The van der Waals surface area contributed by atoms with Crippen molar-refractivity contribution in [3.63, 3.8) is 0 Å². The lowest BCUT2D eigenvalue weighted by molar-refractivity contribution is -0.122. The summed E-state index contributed by atoms with van der Waals surface area (Å²) >= 11 is 6.11. The third-order valence-corrected chi connectivity index (χ3v) is 5.82. The summed E-state index contributed by atoms with van der Waals surface area (Å²) in [5.74, 6) is 1.40. The van der Waals surface area contributed by atoms with Crippen molar-refractivity contribution in [3.8, 4) is 17.1 Å². The van der Waals surface area contributed by atoms with Gasteiger partial charge in [-0.25, -0.2) is 0 Å². The lowest BCUT2D eigenvalue weighted by Crippen LogP contribution is -2.42. The van der Waals surface area contributed by atoms with E-state index in [0.717, 1.165) is 29.8 Å². The predicted octanol–water partition coefficient (Wildman–Crippen LogP) is 4.67. The van der Waals surface area contributed by atoms with Gasteiger partial charge in [0.1, 0.15) is 5.75 Å². The highest BCUT2D eigenvalue weighted by molar-refractivity contribution is 6.30. The molecule has 2 aromatic carbocycles. The fraction of sp³-hybridized carbons (Fsp3) is 0.348. The quantitative estimate of drug-likeness (QED) is 0.554. The van der Waals surface area contributed by atoms with Crippen molar-refractivity contribution >= 4 is 29.2 Å². The van der Waals surface area contributed by atoms with Crippen LogP contribution in [0.15, 0.2) is 53.1 Å². The highest BCUT2D eigenvalue weighted by Crippen LogP contribution is 2.28. The SMILES string of the molecule is CCN(C(=O)C1CCN(c2nc(-c3ccc(OC)cc3)no2)CC1)c1cccc(Cl)c1. The summed E-state index contributed by atoms with van der Waals surface area (Å²) in [7, 11) is 1.63. The lowest BCUT2D eigenvalue weighted by atomic mass is 9.95. The smallest absolute Gasteiger partial charge is 0.324 e. The largest absolute Gasteiger partial charge is 0.497 e. The van der Waals surface area contributed by atoms with Gasteiger partial charge in [0, 0.05) is 41.8 Å². The van der Waals surface area contributed by atoms with Gasteiger partial charge < -0.3 is 19.1 Å². The van der Waals surface area contributed by atoms with Crippen molar-refractivity contribution in [1.29, 1.82) is 0 Å². The van der Waals surface area contributed by atoms with Crippen molar-refractivity contribution in [2.75, 3.05) is 36.5 Å². The monoisotopic (exact) mass is 440 g/mol.